The molecule has 8 heteroatoms. The van der Waals surface area contributed by atoms with Crippen molar-refractivity contribution in [1.29, 1.82) is 0 Å². The van der Waals surface area contributed by atoms with Gasteiger partial charge in [0.25, 0.3) is 5.91 Å². The minimum atomic E-state index is -0.213. The number of rotatable bonds is 10. The lowest BCUT2D eigenvalue weighted by atomic mass is 10.1. The van der Waals surface area contributed by atoms with E-state index in [9.17, 15) is 9.59 Å². The monoisotopic (exact) mass is 551 g/mol. The summed E-state index contributed by atoms with van der Waals surface area (Å²) in [6, 6.07) is 26.5. The van der Waals surface area contributed by atoms with E-state index in [1.165, 1.54) is 0 Å². The number of nitrogens with zero attached hydrogens (tertiary/aromatic N) is 1. The molecule has 5 aromatic rings. The molecule has 0 spiro atoms. The second-order valence-electron chi connectivity index (χ2n) is 9.81. The number of amides is 1. The summed E-state index contributed by atoms with van der Waals surface area (Å²) in [6.45, 7) is 4.98. The molecule has 204 valence electrons. The Hall–Kier alpha value is -4.40. The van der Waals surface area contributed by atoms with Crippen molar-refractivity contribution in [2.24, 2.45) is 0 Å². The van der Waals surface area contributed by atoms with Crippen LogP contribution in [0, 0.1) is 6.92 Å². The van der Waals surface area contributed by atoms with Crippen LogP contribution in [-0.4, -0.2) is 44.0 Å². The first-order valence-corrected chi connectivity index (χ1v) is 14.1. The van der Waals surface area contributed by atoms with E-state index in [2.05, 4.69) is 40.9 Å². The van der Waals surface area contributed by atoms with Gasteiger partial charge in [-0.05, 0) is 62.0 Å². The van der Waals surface area contributed by atoms with Gasteiger partial charge in [-0.3, -0.25) is 9.59 Å². The average molecular weight is 552 g/mol. The van der Waals surface area contributed by atoms with Gasteiger partial charge in [0, 0.05) is 52.3 Å². The van der Waals surface area contributed by atoms with Crippen LogP contribution in [0.3, 0.4) is 0 Å². The number of carbonyl (C=O) groups excluding carboxylic acids is 1. The zero-order valence-corrected chi connectivity index (χ0v) is 23.5. The topological polar surface area (TPSA) is 99.5 Å². The Morgan fingerprint density at radius 3 is 2.25 bits per heavy atom. The molecule has 7 nitrogen and oxygen atoms in total. The van der Waals surface area contributed by atoms with Crippen molar-refractivity contribution in [3.05, 3.63) is 106 Å². The van der Waals surface area contributed by atoms with E-state index in [1.54, 1.807) is 29.5 Å². The predicted octanol–water partition coefficient (Wildman–Crippen LogP) is 6.01. The van der Waals surface area contributed by atoms with Crippen LogP contribution in [0.5, 0.6) is 0 Å². The van der Waals surface area contributed by atoms with Gasteiger partial charge in [0.1, 0.15) is 0 Å². The van der Waals surface area contributed by atoms with Gasteiger partial charge in [0.15, 0.2) is 5.43 Å². The number of benzene rings is 4. The molecule has 0 unspecified atom stereocenters. The van der Waals surface area contributed by atoms with Gasteiger partial charge in [-0.1, -0.05) is 42.5 Å². The summed E-state index contributed by atoms with van der Waals surface area (Å²) in [7, 11) is 2.06. The van der Waals surface area contributed by atoms with Gasteiger partial charge >= 0.3 is 0 Å². The third kappa shape index (κ3) is 5.93. The zero-order chi connectivity index (χ0) is 28.1. The van der Waals surface area contributed by atoms with Gasteiger partial charge < -0.3 is 26.6 Å². The number of nitrogens with two attached hydrogens (primary N) is 1. The highest BCUT2D eigenvalue weighted by molar-refractivity contribution is 7.24. The van der Waals surface area contributed by atoms with Crippen LogP contribution in [0.25, 0.3) is 20.2 Å². The molecule has 0 saturated carbocycles. The van der Waals surface area contributed by atoms with Gasteiger partial charge in [-0.2, -0.15) is 0 Å². The lowest BCUT2D eigenvalue weighted by Crippen LogP contribution is -2.30. The van der Waals surface area contributed by atoms with E-state index in [0.29, 0.717) is 30.0 Å². The second-order valence-corrected chi connectivity index (χ2v) is 10.9. The zero-order valence-electron chi connectivity index (χ0n) is 22.7. The fourth-order valence-electron chi connectivity index (χ4n) is 4.69. The van der Waals surface area contributed by atoms with Gasteiger partial charge in [-0.25, -0.2) is 0 Å². The smallest absolute Gasteiger partial charge is 0.257 e. The molecule has 0 aliphatic carbocycles. The summed E-state index contributed by atoms with van der Waals surface area (Å²) < 4.78 is 2.04. The van der Waals surface area contributed by atoms with Crippen molar-refractivity contribution >= 4 is 60.2 Å². The average Bonchev–Trinajstić information content (AvgIpc) is 2.96. The number of anilines is 4. The third-order valence-corrected chi connectivity index (χ3v) is 8.23. The Balaban J connectivity index is 1.18. The van der Waals surface area contributed by atoms with Crippen molar-refractivity contribution in [1.82, 2.24) is 4.90 Å². The predicted molar refractivity (Wildman–Crippen MR) is 170 cm³/mol. The normalized spacial score (nSPS) is 11.2. The third-order valence-electron chi connectivity index (χ3n) is 6.92. The number of hydrogen-bond donors (Lipinski definition) is 4. The molecule has 40 heavy (non-hydrogen) atoms. The van der Waals surface area contributed by atoms with Crippen LogP contribution < -0.4 is 27.1 Å². The largest absolute Gasteiger partial charge is 0.397 e. The molecular formula is C32H33N5O2S. The summed E-state index contributed by atoms with van der Waals surface area (Å²) in [5, 5.41) is 11.3. The van der Waals surface area contributed by atoms with E-state index < -0.39 is 0 Å². The van der Waals surface area contributed by atoms with Crippen LogP contribution in [-0.2, 0) is 0 Å². The van der Waals surface area contributed by atoms with Crippen molar-refractivity contribution in [2.45, 2.75) is 6.92 Å². The quantitative estimate of drug-likeness (QED) is 0.125. The first-order valence-electron chi connectivity index (χ1n) is 13.3. The number of para-hydroxylation sites is 3. The van der Waals surface area contributed by atoms with Gasteiger partial charge in [-0.15, -0.1) is 11.3 Å². The summed E-state index contributed by atoms with van der Waals surface area (Å²) >= 11 is 1.67. The molecule has 5 N–H and O–H groups in total. The molecule has 1 heterocycles. The molecule has 0 fully saturated rings. The van der Waals surface area contributed by atoms with Crippen LogP contribution in [0.4, 0.5) is 22.7 Å². The Labute approximate surface area is 237 Å². The van der Waals surface area contributed by atoms with Crippen molar-refractivity contribution in [3.63, 3.8) is 0 Å². The number of carbonyl (C=O) groups is 1. The van der Waals surface area contributed by atoms with Crippen LogP contribution >= 0.6 is 11.3 Å². The number of fused-ring (bicyclic) bond motifs is 2. The van der Waals surface area contributed by atoms with E-state index in [1.807, 2.05) is 60.7 Å². The molecule has 0 atom stereocenters. The maximum absolute atomic E-state index is 13.3. The van der Waals surface area contributed by atoms with E-state index in [4.69, 9.17) is 5.73 Å². The van der Waals surface area contributed by atoms with Gasteiger partial charge in [0.2, 0.25) is 0 Å². The Kier molecular flexibility index (Phi) is 8.28. The number of hydrogen-bond acceptors (Lipinski definition) is 7. The minimum Gasteiger partial charge on any atom is -0.397 e. The standard InChI is InChI=1S/C32H33N5O2S/c1-21-15-16-27(29-30(38)23-10-4-8-14-28(23)40-31(21)29)35-18-20-37(2)19-17-34-25-12-6-3-9-22(25)32(39)36-26-13-7-5-11-24(26)33/h3-16,34-35H,17-20,33H2,1-2H3,(H,36,39). The molecular weight excluding hydrogens is 518 g/mol. The summed E-state index contributed by atoms with van der Waals surface area (Å²) in [6.07, 6.45) is 0. The summed E-state index contributed by atoms with van der Waals surface area (Å²) in [4.78, 5) is 28.5. The fourth-order valence-corrected chi connectivity index (χ4v) is 5.86. The molecule has 5 rings (SSSR count). The van der Waals surface area contributed by atoms with E-state index in [-0.39, 0.29) is 11.3 Å². The van der Waals surface area contributed by atoms with Crippen LogP contribution in [0.15, 0.2) is 89.7 Å². The lowest BCUT2D eigenvalue weighted by molar-refractivity contribution is 0.102. The van der Waals surface area contributed by atoms with Crippen molar-refractivity contribution < 1.29 is 4.79 Å². The van der Waals surface area contributed by atoms with Gasteiger partial charge in [0.05, 0.1) is 22.3 Å². The summed E-state index contributed by atoms with van der Waals surface area (Å²) in [5.41, 5.74) is 10.5. The van der Waals surface area contributed by atoms with E-state index in [0.717, 1.165) is 50.2 Å². The molecule has 0 aliphatic heterocycles. The highest BCUT2D eigenvalue weighted by Crippen LogP contribution is 2.31. The molecule has 1 aromatic heterocycles. The first kappa shape index (κ1) is 27.2. The maximum Gasteiger partial charge on any atom is 0.257 e. The van der Waals surface area contributed by atoms with Crippen molar-refractivity contribution in [3.8, 4) is 0 Å². The molecule has 0 bridgehead atoms. The SMILES string of the molecule is Cc1ccc(NCCN(C)CCNc2ccccc2C(=O)Nc2ccccc2N)c2c(=O)c3ccccc3sc12. The number of nitrogens with one attached hydrogen (secondary N) is 3. The Morgan fingerprint density at radius 2 is 1.48 bits per heavy atom. The molecule has 0 saturated heterocycles. The molecule has 0 aliphatic rings. The maximum atomic E-state index is 13.3. The first-order chi connectivity index (χ1) is 19.4. The second kappa shape index (κ2) is 12.2. The number of aryl methyl sites for hydroxylation is 1. The van der Waals surface area contributed by atoms with Crippen LogP contribution in [0.2, 0.25) is 0 Å². The van der Waals surface area contributed by atoms with Crippen LogP contribution in [0.1, 0.15) is 15.9 Å². The highest BCUT2D eigenvalue weighted by atomic mass is 32.1. The van der Waals surface area contributed by atoms with Crippen molar-refractivity contribution in [2.75, 3.05) is 54.9 Å². The Morgan fingerprint density at radius 1 is 0.825 bits per heavy atom. The minimum absolute atomic E-state index is 0.0748. The van der Waals surface area contributed by atoms with E-state index >= 15 is 0 Å². The fraction of sp³-hybridized carbons (Fsp3) is 0.188. The Bertz CT molecular complexity index is 1730. The molecule has 4 aromatic carbocycles. The molecule has 0 radical (unpaired) electrons. The number of likely N-dealkylation sites (N-methyl/N-ethyl adjacent to an activating group) is 1. The summed E-state index contributed by atoms with van der Waals surface area (Å²) in [5.74, 6) is -0.213. The number of nitrogen functional groups attached to an aromatic ring is 1. The molecule has 1 amide bonds. The lowest BCUT2D eigenvalue weighted by Gasteiger charge is -2.19. The highest BCUT2D eigenvalue weighted by Gasteiger charge is 2.14.